The maximum Gasteiger partial charge on any atom is 0.407 e. The van der Waals surface area contributed by atoms with E-state index in [0.717, 1.165) is 38.5 Å². The second-order valence-electron chi connectivity index (χ2n) is 10.3. The number of alkyl carbamates (subject to hydrolysis) is 1. The van der Waals surface area contributed by atoms with Crippen LogP contribution in [0, 0.1) is 5.92 Å². The van der Waals surface area contributed by atoms with Gasteiger partial charge in [-0.05, 0) is 66.7 Å². The Balaban J connectivity index is 1.09. The summed E-state index contributed by atoms with van der Waals surface area (Å²) in [5, 5.41) is 15.1. The molecule has 0 spiro atoms. The minimum atomic E-state index is -0.877. The SMILES string of the molecule is O=C(O)CC1(NC(=O)C[C@H]2CC[C@@H](NC(=O)OCC3c4ccccc4-c4ccccc43)C2)CCC1. The summed E-state index contributed by atoms with van der Waals surface area (Å²) in [6.45, 7) is 0.282. The molecule has 2 saturated carbocycles. The number of amides is 2. The zero-order chi connectivity index (χ0) is 24.4. The van der Waals surface area contributed by atoms with Crippen molar-refractivity contribution in [2.75, 3.05) is 6.61 Å². The lowest BCUT2D eigenvalue weighted by atomic mass is 9.74. The summed E-state index contributed by atoms with van der Waals surface area (Å²) in [4.78, 5) is 36.3. The van der Waals surface area contributed by atoms with E-state index < -0.39 is 17.6 Å². The molecule has 3 N–H and O–H groups in total. The van der Waals surface area contributed by atoms with Crippen LogP contribution < -0.4 is 10.6 Å². The number of carboxylic acids is 1. The molecule has 7 heteroatoms. The standard InChI is InChI=1S/C28H32N2O5/c31-25(30-28(12-5-13-28)16-26(32)33)15-18-10-11-19(14-18)29-27(34)35-17-24-22-8-3-1-6-20(22)21-7-2-4-9-23(21)24/h1-4,6-9,18-19,24H,5,10-17H2,(H,29,34)(H,30,31)(H,32,33)/t18-,19+/m0/s1. The summed E-state index contributed by atoms with van der Waals surface area (Å²) in [5.41, 5.74) is 4.18. The van der Waals surface area contributed by atoms with Gasteiger partial charge in [0.25, 0.3) is 0 Å². The van der Waals surface area contributed by atoms with Gasteiger partial charge in [-0.15, -0.1) is 0 Å². The maximum atomic E-state index is 12.6. The lowest BCUT2D eigenvalue weighted by Gasteiger charge is -2.41. The van der Waals surface area contributed by atoms with Crippen LogP contribution in [0.1, 0.15) is 68.4 Å². The van der Waals surface area contributed by atoms with Crippen LogP contribution in [0.2, 0.25) is 0 Å². The molecule has 184 valence electrons. The highest BCUT2D eigenvalue weighted by Gasteiger charge is 2.41. The van der Waals surface area contributed by atoms with E-state index in [1.54, 1.807) is 0 Å². The number of rotatable bonds is 8. The van der Waals surface area contributed by atoms with Crippen molar-refractivity contribution in [2.45, 2.75) is 68.9 Å². The van der Waals surface area contributed by atoms with Crippen LogP contribution in [0.15, 0.2) is 48.5 Å². The third-order valence-corrected chi connectivity index (χ3v) is 7.89. The Morgan fingerprint density at radius 1 is 0.971 bits per heavy atom. The summed E-state index contributed by atoms with van der Waals surface area (Å²) in [6.07, 6.45) is 4.71. The molecule has 3 aliphatic rings. The van der Waals surface area contributed by atoms with Crippen molar-refractivity contribution in [3.63, 3.8) is 0 Å². The number of ether oxygens (including phenoxy) is 1. The van der Waals surface area contributed by atoms with E-state index >= 15 is 0 Å². The Morgan fingerprint density at radius 3 is 2.23 bits per heavy atom. The van der Waals surface area contributed by atoms with Crippen molar-refractivity contribution in [1.82, 2.24) is 10.6 Å². The first-order chi connectivity index (χ1) is 16.9. The van der Waals surface area contributed by atoms with E-state index in [-0.39, 0.29) is 36.8 Å². The second-order valence-corrected chi connectivity index (χ2v) is 10.3. The summed E-state index contributed by atoms with van der Waals surface area (Å²) in [7, 11) is 0. The molecule has 0 heterocycles. The van der Waals surface area contributed by atoms with E-state index in [1.165, 1.54) is 22.3 Å². The first-order valence-electron chi connectivity index (χ1n) is 12.6. The molecular formula is C28H32N2O5. The van der Waals surface area contributed by atoms with Crippen LogP contribution in [0.25, 0.3) is 11.1 Å². The number of hydrogen-bond donors (Lipinski definition) is 3. The molecule has 2 amide bonds. The normalized spacial score (nSPS) is 21.9. The van der Waals surface area contributed by atoms with Crippen molar-refractivity contribution in [1.29, 1.82) is 0 Å². The number of hydrogen-bond acceptors (Lipinski definition) is 4. The number of benzene rings is 2. The van der Waals surface area contributed by atoms with Gasteiger partial charge in [0.1, 0.15) is 6.61 Å². The summed E-state index contributed by atoms with van der Waals surface area (Å²) >= 11 is 0. The average Bonchev–Trinajstić information content (AvgIpc) is 3.37. The van der Waals surface area contributed by atoms with Gasteiger partial charge < -0.3 is 20.5 Å². The van der Waals surface area contributed by atoms with Gasteiger partial charge in [-0.2, -0.15) is 0 Å². The molecule has 2 fully saturated rings. The van der Waals surface area contributed by atoms with Crippen molar-refractivity contribution in [3.8, 4) is 11.1 Å². The van der Waals surface area contributed by atoms with Crippen LogP contribution in [-0.4, -0.2) is 41.3 Å². The Morgan fingerprint density at radius 2 is 1.63 bits per heavy atom. The molecule has 5 rings (SSSR count). The fourth-order valence-electron chi connectivity index (χ4n) is 6.05. The summed E-state index contributed by atoms with van der Waals surface area (Å²) in [5.74, 6) is -0.760. The van der Waals surface area contributed by atoms with Crippen molar-refractivity contribution in [3.05, 3.63) is 59.7 Å². The van der Waals surface area contributed by atoms with E-state index in [1.807, 2.05) is 24.3 Å². The minimum Gasteiger partial charge on any atom is -0.481 e. The van der Waals surface area contributed by atoms with Crippen LogP contribution >= 0.6 is 0 Å². The van der Waals surface area contributed by atoms with E-state index in [4.69, 9.17) is 9.84 Å². The van der Waals surface area contributed by atoms with Gasteiger partial charge in [0, 0.05) is 18.4 Å². The first-order valence-corrected chi connectivity index (χ1v) is 12.6. The topological polar surface area (TPSA) is 105 Å². The molecule has 0 saturated heterocycles. The second kappa shape index (κ2) is 9.72. The number of carbonyl (C=O) groups excluding carboxylic acids is 2. The van der Waals surface area contributed by atoms with E-state index in [2.05, 4.69) is 34.9 Å². The molecule has 2 atom stereocenters. The van der Waals surface area contributed by atoms with E-state index in [9.17, 15) is 14.4 Å². The lowest BCUT2D eigenvalue weighted by molar-refractivity contribution is -0.140. The fraction of sp³-hybridized carbons (Fsp3) is 0.464. The van der Waals surface area contributed by atoms with Crippen molar-refractivity contribution in [2.24, 2.45) is 5.92 Å². The van der Waals surface area contributed by atoms with Gasteiger partial charge in [-0.1, -0.05) is 48.5 Å². The van der Waals surface area contributed by atoms with Crippen molar-refractivity contribution >= 4 is 18.0 Å². The molecule has 3 aliphatic carbocycles. The molecular weight excluding hydrogens is 444 g/mol. The Hall–Kier alpha value is -3.35. The summed E-state index contributed by atoms with van der Waals surface area (Å²) < 4.78 is 5.66. The Kier molecular flexibility index (Phi) is 6.50. The first kappa shape index (κ1) is 23.4. The predicted octanol–water partition coefficient (Wildman–Crippen LogP) is 4.60. The molecule has 0 unspecified atom stereocenters. The molecule has 7 nitrogen and oxygen atoms in total. The third kappa shape index (κ3) is 5.04. The Labute approximate surface area is 205 Å². The van der Waals surface area contributed by atoms with Crippen LogP contribution in [0.3, 0.4) is 0 Å². The third-order valence-electron chi connectivity index (χ3n) is 7.89. The lowest BCUT2D eigenvalue weighted by Crippen LogP contribution is -2.54. The quantitative estimate of drug-likeness (QED) is 0.517. The minimum absolute atomic E-state index is 0.0138. The highest BCUT2D eigenvalue weighted by molar-refractivity contribution is 5.80. The smallest absolute Gasteiger partial charge is 0.407 e. The van der Waals surface area contributed by atoms with Gasteiger partial charge in [-0.25, -0.2) is 4.79 Å². The van der Waals surface area contributed by atoms with Crippen molar-refractivity contribution < 1.29 is 24.2 Å². The monoisotopic (exact) mass is 476 g/mol. The summed E-state index contributed by atoms with van der Waals surface area (Å²) in [6, 6.07) is 16.5. The van der Waals surface area contributed by atoms with Crippen LogP contribution in [0.5, 0.6) is 0 Å². The van der Waals surface area contributed by atoms with Gasteiger partial charge in [-0.3, -0.25) is 9.59 Å². The number of nitrogens with one attached hydrogen (secondary N) is 2. The number of carboxylic acid groups (broad SMARTS) is 1. The zero-order valence-corrected chi connectivity index (χ0v) is 19.8. The fourth-order valence-corrected chi connectivity index (χ4v) is 6.05. The Bertz CT molecular complexity index is 1080. The highest BCUT2D eigenvalue weighted by atomic mass is 16.5. The van der Waals surface area contributed by atoms with Gasteiger partial charge in [0.15, 0.2) is 0 Å². The van der Waals surface area contributed by atoms with Crippen LogP contribution in [-0.2, 0) is 14.3 Å². The predicted molar refractivity (Wildman–Crippen MR) is 131 cm³/mol. The molecule has 35 heavy (non-hydrogen) atoms. The van der Waals surface area contributed by atoms with Crippen LogP contribution in [0.4, 0.5) is 4.79 Å². The highest BCUT2D eigenvalue weighted by Crippen LogP contribution is 2.44. The van der Waals surface area contributed by atoms with Gasteiger partial charge >= 0.3 is 12.1 Å². The molecule has 2 aromatic carbocycles. The van der Waals surface area contributed by atoms with Gasteiger partial charge in [0.2, 0.25) is 5.91 Å². The molecule has 0 aliphatic heterocycles. The number of fused-ring (bicyclic) bond motifs is 3. The largest absolute Gasteiger partial charge is 0.481 e. The molecule has 0 bridgehead atoms. The number of carbonyl (C=O) groups is 3. The molecule has 0 aromatic heterocycles. The number of aliphatic carboxylic acids is 1. The average molecular weight is 477 g/mol. The molecule has 2 aromatic rings. The van der Waals surface area contributed by atoms with E-state index in [0.29, 0.717) is 6.42 Å². The maximum absolute atomic E-state index is 12.6. The van der Waals surface area contributed by atoms with Gasteiger partial charge in [0.05, 0.1) is 12.0 Å². The zero-order valence-electron chi connectivity index (χ0n) is 19.8. The molecule has 0 radical (unpaired) electrons.